The van der Waals surface area contributed by atoms with Gasteiger partial charge in [-0.15, -0.1) is 0 Å². The molecule has 0 saturated heterocycles. The first-order valence-corrected chi connectivity index (χ1v) is 42.5. The number of phosphoric acid groups is 2. The minimum Gasteiger partial charge on any atom is -0.462 e. The van der Waals surface area contributed by atoms with Gasteiger partial charge in [-0.05, 0) is 141 Å². The van der Waals surface area contributed by atoms with Gasteiger partial charge in [-0.25, -0.2) is 9.13 Å². The van der Waals surface area contributed by atoms with Crippen LogP contribution in [0.1, 0.15) is 336 Å². The lowest BCUT2D eigenvalue weighted by Crippen LogP contribution is -2.30. The average Bonchev–Trinajstić information content (AvgIpc) is 1.01. The highest BCUT2D eigenvalue weighted by Gasteiger charge is 2.30. The highest BCUT2D eigenvalue weighted by Crippen LogP contribution is 2.45. The lowest BCUT2D eigenvalue weighted by molar-refractivity contribution is -0.161. The van der Waals surface area contributed by atoms with Crippen LogP contribution in [-0.2, 0) is 65.4 Å². The lowest BCUT2D eigenvalue weighted by Gasteiger charge is -2.21. The van der Waals surface area contributed by atoms with Crippen LogP contribution < -0.4 is 0 Å². The molecule has 0 spiro atoms. The van der Waals surface area contributed by atoms with E-state index in [0.29, 0.717) is 25.7 Å². The van der Waals surface area contributed by atoms with Crippen molar-refractivity contribution in [2.24, 2.45) is 0 Å². The molecule has 0 radical (unpaired) electrons. The number of esters is 4. The molecular weight excluding hydrogens is 1310 g/mol. The highest BCUT2D eigenvalue weighted by molar-refractivity contribution is 7.47. The maximum absolute atomic E-state index is 13.1. The van der Waals surface area contributed by atoms with Gasteiger partial charge >= 0.3 is 39.5 Å². The van der Waals surface area contributed by atoms with Crippen molar-refractivity contribution in [1.82, 2.24) is 0 Å². The zero-order chi connectivity index (χ0) is 73.2. The summed E-state index contributed by atoms with van der Waals surface area (Å²) < 4.78 is 68.5. The number of carbonyl (C=O) groups is 4. The van der Waals surface area contributed by atoms with Crippen LogP contribution in [0.25, 0.3) is 0 Å². The van der Waals surface area contributed by atoms with Crippen molar-refractivity contribution >= 4 is 39.5 Å². The summed E-state index contributed by atoms with van der Waals surface area (Å²) in [6, 6.07) is 0. The van der Waals surface area contributed by atoms with Gasteiger partial charge in [0.25, 0.3) is 0 Å². The average molecular weight is 1450 g/mol. The van der Waals surface area contributed by atoms with Gasteiger partial charge in [0.2, 0.25) is 0 Å². The van der Waals surface area contributed by atoms with E-state index in [9.17, 15) is 43.2 Å². The largest absolute Gasteiger partial charge is 0.472 e. The van der Waals surface area contributed by atoms with Crippen molar-refractivity contribution < 1.29 is 80.2 Å². The lowest BCUT2D eigenvalue weighted by atomic mass is 10.1. The Morgan fingerprint density at radius 1 is 0.290 bits per heavy atom. The summed E-state index contributed by atoms with van der Waals surface area (Å²) in [6.07, 6.45) is 76.7. The Hall–Kier alpha value is -4.02. The minimum atomic E-state index is -4.98. The Bertz CT molecular complexity index is 2270. The normalized spacial score (nSPS) is 14.4. The first-order valence-electron chi connectivity index (χ1n) is 39.5. The van der Waals surface area contributed by atoms with Crippen LogP contribution in [0.3, 0.4) is 0 Å². The SMILES string of the molecule is CC/C=C\C/C=C\C/C=C\CCCCCCCC(=O)OCC(COP(=O)(O)OCC(O)COP(=O)(O)OCC(COC(=O)CCCCCCC/C=C\CCCCCCCC)OC(=O)CCCCCCC/C=C\CCCCCCCC)OC(=O)CCCCCCC/C=C\C/C=C\C/C=C\CC. The van der Waals surface area contributed by atoms with Crippen molar-refractivity contribution in [3.63, 3.8) is 0 Å². The molecule has 5 unspecified atom stereocenters. The molecule has 5 atom stereocenters. The smallest absolute Gasteiger partial charge is 0.462 e. The number of ether oxygens (including phenoxy) is 4. The summed E-state index contributed by atoms with van der Waals surface area (Å²) in [4.78, 5) is 73.0. The van der Waals surface area contributed by atoms with Crippen LogP contribution in [0.5, 0.6) is 0 Å². The van der Waals surface area contributed by atoms with E-state index < -0.39 is 97.5 Å². The van der Waals surface area contributed by atoms with Gasteiger partial charge in [0.15, 0.2) is 12.2 Å². The minimum absolute atomic E-state index is 0.0709. The number of hydrogen-bond acceptors (Lipinski definition) is 15. The van der Waals surface area contributed by atoms with Crippen LogP contribution in [0, 0.1) is 0 Å². The van der Waals surface area contributed by atoms with Crippen molar-refractivity contribution in [3.8, 4) is 0 Å². The fourth-order valence-corrected chi connectivity index (χ4v) is 12.1. The molecule has 578 valence electrons. The van der Waals surface area contributed by atoms with E-state index in [2.05, 4.69) is 125 Å². The number of hydrogen-bond donors (Lipinski definition) is 3. The Morgan fingerprint density at radius 2 is 0.520 bits per heavy atom. The number of unbranched alkanes of at least 4 members (excludes halogenated alkanes) is 32. The summed E-state index contributed by atoms with van der Waals surface area (Å²) in [7, 11) is -9.96. The van der Waals surface area contributed by atoms with E-state index in [1.54, 1.807) is 0 Å². The van der Waals surface area contributed by atoms with Crippen LogP contribution in [0.2, 0.25) is 0 Å². The quantitative estimate of drug-likeness (QED) is 0.0169. The Labute approximate surface area is 607 Å². The van der Waals surface area contributed by atoms with Crippen molar-refractivity contribution in [1.29, 1.82) is 0 Å². The summed E-state index contributed by atoms with van der Waals surface area (Å²) in [5.41, 5.74) is 0. The third-order valence-corrected chi connectivity index (χ3v) is 18.4. The van der Waals surface area contributed by atoms with E-state index in [-0.39, 0.29) is 25.7 Å². The molecule has 0 bridgehead atoms. The Morgan fingerprint density at radius 3 is 0.810 bits per heavy atom. The number of aliphatic hydroxyl groups excluding tert-OH is 1. The number of allylic oxidation sites excluding steroid dienone is 16. The van der Waals surface area contributed by atoms with E-state index in [4.69, 9.17) is 37.0 Å². The van der Waals surface area contributed by atoms with Crippen LogP contribution in [-0.4, -0.2) is 96.7 Å². The highest BCUT2D eigenvalue weighted by atomic mass is 31.2. The molecule has 3 N–H and O–H groups in total. The van der Waals surface area contributed by atoms with Gasteiger partial charge in [-0.1, -0.05) is 266 Å². The third kappa shape index (κ3) is 72.3. The van der Waals surface area contributed by atoms with Gasteiger partial charge in [0.1, 0.15) is 19.3 Å². The second-order valence-electron chi connectivity index (χ2n) is 26.2. The van der Waals surface area contributed by atoms with E-state index in [1.165, 1.54) is 77.0 Å². The van der Waals surface area contributed by atoms with Gasteiger partial charge in [-0.2, -0.15) is 0 Å². The molecule has 0 amide bonds. The van der Waals surface area contributed by atoms with Crippen molar-refractivity contribution in [2.75, 3.05) is 39.6 Å². The number of rotatable bonds is 74. The van der Waals surface area contributed by atoms with Crippen LogP contribution in [0.15, 0.2) is 97.2 Å². The molecule has 0 saturated carbocycles. The predicted octanol–water partition coefficient (Wildman–Crippen LogP) is 22.8. The summed E-state index contributed by atoms with van der Waals surface area (Å²) in [5.74, 6) is -2.22. The molecule has 0 rings (SSSR count). The van der Waals surface area contributed by atoms with Crippen LogP contribution in [0.4, 0.5) is 0 Å². The second-order valence-corrected chi connectivity index (χ2v) is 29.1. The summed E-state index contributed by atoms with van der Waals surface area (Å²) in [6.45, 7) is 4.62. The summed E-state index contributed by atoms with van der Waals surface area (Å²) in [5, 5.41) is 10.6. The van der Waals surface area contributed by atoms with Gasteiger partial charge in [-0.3, -0.25) is 37.3 Å². The first kappa shape index (κ1) is 96.0. The van der Waals surface area contributed by atoms with Crippen molar-refractivity contribution in [2.45, 2.75) is 354 Å². The molecule has 0 aliphatic carbocycles. The first-order chi connectivity index (χ1) is 48.7. The number of phosphoric ester groups is 2. The molecule has 0 aliphatic rings. The molecule has 0 aromatic heterocycles. The molecule has 100 heavy (non-hydrogen) atoms. The maximum Gasteiger partial charge on any atom is 0.472 e. The fraction of sp³-hybridized carbons (Fsp3) is 0.753. The monoisotopic (exact) mass is 1450 g/mol. The number of carbonyl (C=O) groups excluding carboxylic acids is 4. The molecule has 17 nitrogen and oxygen atoms in total. The third-order valence-electron chi connectivity index (χ3n) is 16.5. The molecule has 0 aliphatic heterocycles. The van der Waals surface area contributed by atoms with Gasteiger partial charge in [0, 0.05) is 25.7 Å². The maximum atomic E-state index is 13.1. The zero-order valence-corrected chi connectivity index (χ0v) is 64.9. The molecule has 0 aromatic carbocycles. The number of aliphatic hydroxyl groups is 1. The Balaban J connectivity index is 5.38. The van der Waals surface area contributed by atoms with Gasteiger partial charge < -0.3 is 33.8 Å². The molecule has 0 heterocycles. The van der Waals surface area contributed by atoms with Crippen LogP contribution >= 0.6 is 15.6 Å². The molecular formula is C81H142O17P2. The molecule has 19 heteroatoms. The van der Waals surface area contributed by atoms with E-state index >= 15 is 0 Å². The predicted molar refractivity (Wildman–Crippen MR) is 409 cm³/mol. The van der Waals surface area contributed by atoms with E-state index in [1.807, 2.05) is 0 Å². The summed E-state index contributed by atoms with van der Waals surface area (Å²) >= 11 is 0. The van der Waals surface area contributed by atoms with Gasteiger partial charge in [0.05, 0.1) is 26.4 Å². The topological polar surface area (TPSA) is 237 Å². The standard InChI is InChI=1S/C81H142O17P2/c1-5-9-13-17-21-25-29-33-37-41-45-49-53-57-61-65-78(83)91-71-76(97-80(85)67-63-59-55-51-47-43-39-35-31-27-23-19-15-11-7-3)73-95-99(87,88)93-69-75(82)70-94-100(89,90)96-74-77(98-81(86)68-64-60-56-52-48-44-40-36-32-28-24-20-16-12-8-4)72-92-79(84)66-62-58-54-50-46-42-38-34-30-26-22-18-14-10-6-2/h9,11,13,15,21,23,25,27,33-40,75-77,82H,5-8,10,12,14,16-20,22,24,26,28-32,41-74H2,1-4H3,(H,87,88)(H,89,90)/b13-9-,15-11-,25-21-,27-23-,37-33-,38-34-,39-35-,40-36-. The van der Waals surface area contributed by atoms with Crippen molar-refractivity contribution in [3.05, 3.63) is 97.2 Å². The fourth-order valence-electron chi connectivity index (χ4n) is 10.5. The second kappa shape index (κ2) is 73.3. The molecule has 0 aromatic rings. The van der Waals surface area contributed by atoms with E-state index in [0.717, 1.165) is 180 Å². The zero-order valence-electron chi connectivity index (χ0n) is 63.1. The molecule has 0 fully saturated rings. The Kier molecular flexibility index (Phi) is 70.4.